The molecule has 2 rings (SSSR count). The maximum Gasteiger partial charge on any atom is 0.270 e. The largest absolute Gasteiger partial charge is 0.394 e. The molecular formula is C12H19N3O4. The van der Waals surface area contributed by atoms with Crippen molar-refractivity contribution >= 4 is 17.5 Å². The van der Waals surface area contributed by atoms with Gasteiger partial charge in [0.2, 0.25) is 5.91 Å². The van der Waals surface area contributed by atoms with Crippen LogP contribution >= 0.6 is 0 Å². The fourth-order valence-electron chi connectivity index (χ4n) is 2.20. The highest BCUT2D eigenvalue weighted by Crippen LogP contribution is 2.15. The van der Waals surface area contributed by atoms with Crippen molar-refractivity contribution in [2.24, 2.45) is 5.10 Å². The highest BCUT2D eigenvalue weighted by atomic mass is 16.5. The molecule has 19 heavy (non-hydrogen) atoms. The van der Waals surface area contributed by atoms with Gasteiger partial charge in [0.05, 0.1) is 25.4 Å². The van der Waals surface area contributed by atoms with E-state index in [0.717, 1.165) is 0 Å². The number of aliphatic hydroxyl groups is 1. The number of carbonyl (C=O) groups excluding carboxylic acids is 2. The Morgan fingerprint density at radius 2 is 2.26 bits per heavy atom. The summed E-state index contributed by atoms with van der Waals surface area (Å²) < 4.78 is 5.40. The summed E-state index contributed by atoms with van der Waals surface area (Å²) in [7, 11) is 1.55. The maximum absolute atomic E-state index is 12.4. The highest BCUT2D eigenvalue weighted by molar-refractivity contribution is 6.39. The van der Waals surface area contributed by atoms with Crippen molar-refractivity contribution in [2.45, 2.75) is 31.9 Å². The second-order valence-electron chi connectivity index (χ2n) is 4.91. The lowest BCUT2D eigenvalue weighted by atomic mass is 10.1. The van der Waals surface area contributed by atoms with Gasteiger partial charge in [-0.3, -0.25) is 9.59 Å². The number of aliphatic hydroxyl groups excluding tert-OH is 1. The Morgan fingerprint density at radius 1 is 1.53 bits per heavy atom. The molecule has 0 aliphatic carbocycles. The van der Waals surface area contributed by atoms with Crippen molar-refractivity contribution in [3.63, 3.8) is 0 Å². The summed E-state index contributed by atoms with van der Waals surface area (Å²) in [5.74, 6) is -0.256. The van der Waals surface area contributed by atoms with E-state index < -0.39 is 0 Å². The van der Waals surface area contributed by atoms with Crippen molar-refractivity contribution in [1.82, 2.24) is 9.91 Å². The minimum atomic E-state index is -0.344. The Balaban J connectivity index is 2.10. The Hall–Kier alpha value is -1.47. The molecular weight excluding hydrogens is 250 g/mol. The first-order valence-electron chi connectivity index (χ1n) is 6.40. The molecule has 1 saturated heterocycles. The van der Waals surface area contributed by atoms with Crippen molar-refractivity contribution in [3.8, 4) is 0 Å². The molecule has 0 spiro atoms. The molecule has 0 saturated carbocycles. The lowest BCUT2D eigenvalue weighted by Crippen LogP contribution is -2.54. The molecule has 0 aromatic rings. The quantitative estimate of drug-likeness (QED) is 0.711. The number of amides is 2. The average molecular weight is 269 g/mol. The van der Waals surface area contributed by atoms with E-state index in [2.05, 4.69) is 5.10 Å². The van der Waals surface area contributed by atoms with E-state index in [1.54, 1.807) is 11.9 Å². The molecule has 1 N–H and O–H groups in total. The van der Waals surface area contributed by atoms with Crippen molar-refractivity contribution in [3.05, 3.63) is 0 Å². The first-order chi connectivity index (χ1) is 9.02. The molecule has 2 atom stereocenters. The van der Waals surface area contributed by atoms with E-state index >= 15 is 0 Å². The second-order valence-corrected chi connectivity index (χ2v) is 4.91. The SMILES string of the molecule is CC1COC(CO)CN1C(=O)C1=NN(C)C(=O)CC1. The van der Waals surface area contributed by atoms with Crippen LogP contribution in [-0.4, -0.2) is 71.5 Å². The third kappa shape index (κ3) is 2.93. The molecule has 2 amide bonds. The molecule has 0 aromatic heterocycles. The third-order valence-corrected chi connectivity index (χ3v) is 3.42. The van der Waals surface area contributed by atoms with Crippen LogP contribution in [0.4, 0.5) is 0 Å². The topological polar surface area (TPSA) is 82.4 Å². The monoisotopic (exact) mass is 269 g/mol. The van der Waals surface area contributed by atoms with Crippen LogP contribution in [0.2, 0.25) is 0 Å². The van der Waals surface area contributed by atoms with Gasteiger partial charge in [-0.2, -0.15) is 5.10 Å². The van der Waals surface area contributed by atoms with E-state index in [4.69, 9.17) is 9.84 Å². The molecule has 0 aromatic carbocycles. The van der Waals surface area contributed by atoms with E-state index in [1.807, 2.05) is 6.92 Å². The number of carbonyl (C=O) groups is 2. The Bertz CT molecular complexity index is 410. The van der Waals surface area contributed by atoms with Crippen LogP contribution in [0.3, 0.4) is 0 Å². The molecule has 106 valence electrons. The van der Waals surface area contributed by atoms with Crippen LogP contribution in [0.15, 0.2) is 5.10 Å². The highest BCUT2D eigenvalue weighted by Gasteiger charge is 2.33. The van der Waals surface area contributed by atoms with Gasteiger partial charge in [0.25, 0.3) is 5.91 Å². The van der Waals surface area contributed by atoms with Crippen LogP contribution in [-0.2, 0) is 14.3 Å². The standard InChI is InChI=1S/C12H19N3O4/c1-8-7-19-9(6-16)5-15(8)12(18)10-3-4-11(17)14(2)13-10/h8-9,16H,3-7H2,1-2H3. The first kappa shape index (κ1) is 14.0. The Morgan fingerprint density at radius 3 is 2.89 bits per heavy atom. The van der Waals surface area contributed by atoms with Gasteiger partial charge in [-0.1, -0.05) is 0 Å². The van der Waals surface area contributed by atoms with Crippen LogP contribution in [0.1, 0.15) is 19.8 Å². The summed E-state index contributed by atoms with van der Waals surface area (Å²) in [6, 6.07) is -0.0547. The number of morpholine rings is 1. The average Bonchev–Trinajstić information content (AvgIpc) is 2.41. The van der Waals surface area contributed by atoms with Gasteiger partial charge in [-0.05, 0) is 6.92 Å². The summed E-state index contributed by atoms with van der Waals surface area (Å²) in [5.41, 5.74) is 0.396. The predicted octanol–water partition coefficient (Wildman–Crippen LogP) is -0.797. The lowest BCUT2D eigenvalue weighted by Gasteiger charge is -2.38. The van der Waals surface area contributed by atoms with Crippen LogP contribution in [0.5, 0.6) is 0 Å². The first-order valence-corrected chi connectivity index (χ1v) is 6.40. The van der Waals surface area contributed by atoms with E-state index in [9.17, 15) is 9.59 Å². The molecule has 7 nitrogen and oxygen atoms in total. The number of nitrogens with zero attached hydrogens (tertiary/aromatic N) is 3. The normalized spacial score (nSPS) is 28.4. The summed E-state index contributed by atoms with van der Waals surface area (Å²) in [5, 5.41) is 14.4. The number of hydrogen-bond acceptors (Lipinski definition) is 5. The fraction of sp³-hybridized carbons (Fsp3) is 0.750. The number of hydrogen-bond donors (Lipinski definition) is 1. The van der Waals surface area contributed by atoms with E-state index in [-0.39, 0.29) is 30.6 Å². The van der Waals surface area contributed by atoms with Crippen LogP contribution < -0.4 is 0 Å². The van der Waals surface area contributed by atoms with E-state index in [1.165, 1.54) is 5.01 Å². The molecule has 7 heteroatoms. The van der Waals surface area contributed by atoms with Crippen LogP contribution in [0, 0.1) is 0 Å². The van der Waals surface area contributed by atoms with Gasteiger partial charge in [-0.15, -0.1) is 0 Å². The fourth-order valence-corrected chi connectivity index (χ4v) is 2.20. The van der Waals surface area contributed by atoms with Crippen molar-refractivity contribution in [2.75, 3.05) is 26.8 Å². The summed E-state index contributed by atoms with van der Waals surface area (Å²) in [6.07, 6.45) is 0.336. The zero-order valence-corrected chi connectivity index (χ0v) is 11.2. The Kier molecular flexibility index (Phi) is 4.16. The molecule has 2 aliphatic rings. The van der Waals surface area contributed by atoms with Crippen LogP contribution in [0.25, 0.3) is 0 Å². The molecule has 2 heterocycles. The third-order valence-electron chi connectivity index (χ3n) is 3.42. The maximum atomic E-state index is 12.4. The zero-order chi connectivity index (χ0) is 14.0. The minimum Gasteiger partial charge on any atom is -0.394 e. The van der Waals surface area contributed by atoms with Gasteiger partial charge in [0.1, 0.15) is 5.71 Å². The molecule has 1 fully saturated rings. The van der Waals surface area contributed by atoms with Crippen molar-refractivity contribution < 1.29 is 19.4 Å². The number of rotatable bonds is 2. The summed E-state index contributed by atoms with van der Waals surface area (Å²) in [6.45, 7) is 2.54. The van der Waals surface area contributed by atoms with E-state index in [0.29, 0.717) is 31.7 Å². The zero-order valence-electron chi connectivity index (χ0n) is 11.2. The van der Waals surface area contributed by atoms with Gasteiger partial charge < -0.3 is 14.7 Å². The summed E-state index contributed by atoms with van der Waals surface area (Å²) >= 11 is 0. The van der Waals surface area contributed by atoms with Gasteiger partial charge in [0.15, 0.2) is 0 Å². The van der Waals surface area contributed by atoms with Gasteiger partial charge >= 0.3 is 0 Å². The molecule has 2 aliphatic heterocycles. The second kappa shape index (κ2) is 5.66. The van der Waals surface area contributed by atoms with Crippen molar-refractivity contribution in [1.29, 1.82) is 0 Å². The predicted molar refractivity (Wildman–Crippen MR) is 67.4 cm³/mol. The smallest absolute Gasteiger partial charge is 0.270 e. The molecule has 0 radical (unpaired) electrons. The Labute approximate surface area is 111 Å². The number of hydrazone groups is 1. The summed E-state index contributed by atoms with van der Waals surface area (Å²) in [4.78, 5) is 25.4. The van der Waals surface area contributed by atoms with Gasteiger partial charge in [-0.25, -0.2) is 5.01 Å². The minimum absolute atomic E-state index is 0.0547. The number of ether oxygens (including phenoxy) is 1. The molecule has 0 bridgehead atoms. The molecule has 2 unspecified atom stereocenters. The lowest BCUT2D eigenvalue weighted by molar-refractivity contribution is -0.139. The van der Waals surface area contributed by atoms with Gasteiger partial charge in [0, 0.05) is 26.4 Å².